The van der Waals surface area contributed by atoms with Crippen LogP contribution in [0.4, 0.5) is 0 Å². The number of hydrogen-bond acceptors (Lipinski definition) is 3. The van der Waals surface area contributed by atoms with Crippen LogP contribution in [-0.4, -0.2) is 18.2 Å². The van der Waals surface area contributed by atoms with E-state index in [2.05, 4.69) is 22.4 Å². The van der Waals surface area contributed by atoms with E-state index in [0.717, 1.165) is 30.3 Å². The fourth-order valence-electron chi connectivity index (χ4n) is 2.13. The summed E-state index contributed by atoms with van der Waals surface area (Å²) in [6, 6.07) is 12.1. The van der Waals surface area contributed by atoms with Gasteiger partial charge in [0.15, 0.2) is 11.5 Å². The minimum Gasteiger partial charge on any atom is -0.490 e. The van der Waals surface area contributed by atoms with Crippen molar-refractivity contribution in [1.82, 2.24) is 4.98 Å². The van der Waals surface area contributed by atoms with E-state index < -0.39 is 0 Å². The molecule has 0 aliphatic heterocycles. The molecule has 1 heterocycles. The molecule has 0 spiro atoms. The molecule has 4 nitrogen and oxygen atoms in total. The van der Waals surface area contributed by atoms with E-state index in [9.17, 15) is 0 Å². The maximum atomic E-state index is 5.64. The first-order valence-corrected chi connectivity index (χ1v) is 7.43. The van der Waals surface area contributed by atoms with E-state index in [0.29, 0.717) is 13.2 Å². The average molecular weight is 287 g/mol. The second-order valence-electron chi connectivity index (χ2n) is 4.67. The van der Waals surface area contributed by atoms with Gasteiger partial charge in [0, 0.05) is 11.8 Å². The van der Waals surface area contributed by atoms with Gasteiger partial charge in [0.2, 0.25) is 0 Å². The van der Waals surface area contributed by atoms with E-state index in [-0.39, 0.29) is 0 Å². The van der Waals surface area contributed by atoms with Crippen LogP contribution in [0.15, 0.2) is 42.6 Å². The molecule has 0 unspecified atom stereocenters. The van der Waals surface area contributed by atoms with Crippen LogP contribution < -0.4 is 14.8 Å². The predicted molar refractivity (Wildman–Crippen MR) is 82.4 cm³/mol. The third kappa shape index (κ3) is 4.76. The third-order valence-corrected chi connectivity index (χ3v) is 3.07. The summed E-state index contributed by atoms with van der Waals surface area (Å²) in [5.74, 6) is 1.64. The molecule has 0 aliphatic rings. The van der Waals surface area contributed by atoms with Crippen molar-refractivity contribution in [2.75, 3.05) is 13.2 Å². The zero-order valence-corrected chi connectivity index (χ0v) is 12.7. The molecular weight excluding hydrogens is 264 g/mol. The largest absolute Gasteiger partial charge is 0.490 e. The lowest BCUT2D eigenvalue weighted by atomic mass is 10.2. The van der Waals surface area contributed by atoms with E-state index in [1.54, 1.807) is 0 Å². The Morgan fingerprint density at radius 3 is 2.48 bits per heavy atom. The highest BCUT2D eigenvalue weighted by Gasteiger charge is 2.07. The average Bonchev–Trinajstić information content (AvgIpc) is 2.51. The maximum Gasteiger partial charge on any atom is 0.161 e. The van der Waals surface area contributed by atoms with E-state index in [1.807, 2.05) is 44.3 Å². The molecule has 0 amide bonds. The second kappa shape index (κ2) is 8.27. The summed E-state index contributed by atoms with van der Waals surface area (Å²) in [7, 11) is 0. The molecule has 2 N–H and O–H groups in total. The highest BCUT2D eigenvalue weighted by Crippen LogP contribution is 2.28. The molecule has 0 bridgehead atoms. The van der Waals surface area contributed by atoms with Crippen molar-refractivity contribution in [3.8, 4) is 11.5 Å². The molecule has 0 radical (unpaired) electrons. The number of aromatic nitrogens is 1. The Kier molecular flexibility index (Phi) is 6.03. The zero-order chi connectivity index (χ0) is 14.9. The number of nitrogens with two attached hydrogens (primary N) is 1. The Morgan fingerprint density at radius 2 is 1.76 bits per heavy atom. The molecule has 2 rings (SSSR count). The third-order valence-electron chi connectivity index (χ3n) is 3.07. The Balaban J connectivity index is 1.95. The molecule has 0 atom stereocenters. The minimum absolute atomic E-state index is 0.640. The summed E-state index contributed by atoms with van der Waals surface area (Å²) in [4.78, 5) is 4.32. The zero-order valence-electron chi connectivity index (χ0n) is 12.7. The first-order chi connectivity index (χ1) is 10.3. The van der Waals surface area contributed by atoms with E-state index in [4.69, 9.17) is 9.47 Å². The van der Waals surface area contributed by atoms with E-state index in [1.165, 1.54) is 5.56 Å². The van der Waals surface area contributed by atoms with Crippen LogP contribution in [-0.2, 0) is 13.1 Å². The van der Waals surface area contributed by atoms with Crippen LogP contribution in [0, 0.1) is 0 Å². The normalized spacial score (nSPS) is 10.4. The highest BCUT2D eigenvalue weighted by atomic mass is 16.5. The van der Waals surface area contributed by atoms with Crippen molar-refractivity contribution in [1.29, 1.82) is 0 Å². The fraction of sp³-hybridized carbons (Fsp3) is 0.353. The van der Waals surface area contributed by atoms with Crippen molar-refractivity contribution < 1.29 is 14.8 Å². The van der Waals surface area contributed by atoms with Crippen LogP contribution in [0.2, 0.25) is 0 Å². The molecule has 0 fully saturated rings. The van der Waals surface area contributed by atoms with Gasteiger partial charge in [0.25, 0.3) is 0 Å². The number of hydrogen-bond donors (Lipinski definition) is 1. The molecule has 21 heavy (non-hydrogen) atoms. The van der Waals surface area contributed by atoms with Crippen LogP contribution >= 0.6 is 0 Å². The van der Waals surface area contributed by atoms with Crippen LogP contribution in [0.3, 0.4) is 0 Å². The molecule has 0 aliphatic carbocycles. The summed E-state index contributed by atoms with van der Waals surface area (Å²) in [5.41, 5.74) is 2.31. The van der Waals surface area contributed by atoms with Crippen LogP contribution in [0.25, 0.3) is 0 Å². The number of quaternary nitrogens is 1. The van der Waals surface area contributed by atoms with Gasteiger partial charge in [-0.3, -0.25) is 4.98 Å². The van der Waals surface area contributed by atoms with Gasteiger partial charge in [-0.1, -0.05) is 6.07 Å². The number of nitrogens with zero attached hydrogens (tertiary/aromatic N) is 1. The number of pyridine rings is 1. The van der Waals surface area contributed by atoms with Gasteiger partial charge in [0.1, 0.15) is 13.1 Å². The summed E-state index contributed by atoms with van der Waals surface area (Å²) in [6.07, 6.45) is 1.83. The van der Waals surface area contributed by atoms with Crippen LogP contribution in [0.1, 0.15) is 25.1 Å². The lowest BCUT2D eigenvalue weighted by Gasteiger charge is -2.12. The van der Waals surface area contributed by atoms with Gasteiger partial charge in [0.05, 0.1) is 18.9 Å². The maximum absolute atomic E-state index is 5.64. The van der Waals surface area contributed by atoms with Gasteiger partial charge < -0.3 is 14.8 Å². The number of ether oxygens (including phenoxy) is 2. The summed E-state index contributed by atoms with van der Waals surface area (Å²) in [5, 5.41) is 2.23. The van der Waals surface area contributed by atoms with Gasteiger partial charge >= 0.3 is 0 Å². The molecule has 1 aromatic carbocycles. The summed E-state index contributed by atoms with van der Waals surface area (Å²) < 4.78 is 11.2. The SMILES string of the molecule is CCOc1ccc(C[NH2+]Cc2ccccn2)cc1OCC. The summed E-state index contributed by atoms with van der Waals surface area (Å²) in [6.45, 7) is 7.01. The number of rotatable bonds is 8. The van der Waals surface area contributed by atoms with Crippen molar-refractivity contribution in [3.63, 3.8) is 0 Å². The molecule has 0 saturated carbocycles. The molecule has 112 valence electrons. The molecular formula is C17H23N2O2+. The quantitative estimate of drug-likeness (QED) is 0.809. The lowest BCUT2D eigenvalue weighted by molar-refractivity contribution is -0.686. The molecule has 2 aromatic rings. The van der Waals surface area contributed by atoms with Gasteiger partial charge in [-0.05, 0) is 44.2 Å². The first kappa shape index (κ1) is 15.3. The topological polar surface area (TPSA) is 48.0 Å². The minimum atomic E-state index is 0.640. The Hall–Kier alpha value is -2.07. The smallest absolute Gasteiger partial charge is 0.161 e. The summed E-state index contributed by atoms with van der Waals surface area (Å²) >= 11 is 0. The van der Waals surface area contributed by atoms with Crippen molar-refractivity contribution in [2.45, 2.75) is 26.9 Å². The second-order valence-corrected chi connectivity index (χ2v) is 4.67. The van der Waals surface area contributed by atoms with Crippen LogP contribution in [0.5, 0.6) is 11.5 Å². The Labute approximate surface area is 126 Å². The predicted octanol–water partition coefficient (Wildman–Crippen LogP) is 2.14. The lowest BCUT2D eigenvalue weighted by Crippen LogP contribution is -2.80. The number of benzene rings is 1. The van der Waals surface area contributed by atoms with Crippen molar-refractivity contribution >= 4 is 0 Å². The highest BCUT2D eigenvalue weighted by molar-refractivity contribution is 5.42. The standard InChI is InChI=1S/C17H22N2O2/c1-3-20-16-9-8-14(11-17(16)21-4-2)12-18-13-15-7-5-6-10-19-15/h5-11,18H,3-4,12-13H2,1-2H3/p+1. The first-order valence-electron chi connectivity index (χ1n) is 7.43. The Bertz CT molecular complexity index is 544. The fourth-order valence-corrected chi connectivity index (χ4v) is 2.13. The molecule has 1 aromatic heterocycles. The van der Waals surface area contributed by atoms with E-state index >= 15 is 0 Å². The van der Waals surface area contributed by atoms with Crippen molar-refractivity contribution in [3.05, 3.63) is 53.9 Å². The monoisotopic (exact) mass is 287 g/mol. The molecule has 0 saturated heterocycles. The van der Waals surface area contributed by atoms with Crippen molar-refractivity contribution in [2.24, 2.45) is 0 Å². The van der Waals surface area contributed by atoms with Gasteiger partial charge in [-0.25, -0.2) is 0 Å². The Morgan fingerprint density at radius 1 is 0.952 bits per heavy atom. The molecule has 4 heteroatoms. The van der Waals surface area contributed by atoms with Gasteiger partial charge in [-0.15, -0.1) is 0 Å². The van der Waals surface area contributed by atoms with Gasteiger partial charge in [-0.2, -0.15) is 0 Å².